The van der Waals surface area contributed by atoms with Crippen LogP contribution in [0.1, 0.15) is 37.6 Å². The molecule has 0 saturated heterocycles. The Kier molecular flexibility index (Phi) is 8.25. The summed E-state index contributed by atoms with van der Waals surface area (Å²) in [4.78, 5) is 34.3. The minimum atomic E-state index is -1.11. The van der Waals surface area contributed by atoms with Gasteiger partial charge in [0.1, 0.15) is 0 Å². The van der Waals surface area contributed by atoms with E-state index in [-0.39, 0.29) is 42.3 Å². The number of benzene rings is 1. The smallest absolute Gasteiger partial charge is 0.341 e. The van der Waals surface area contributed by atoms with Gasteiger partial charge in [0.05, 0.1) is 6.61 Å². The molecule has 0 aliphatic rings. The van der Waals surface area contributed by atoms with Crippen LogP contribution in [-0.4, -0.2) is 48.7 Å². The van der Waals surface area contributed by atoms with Crippen LogP contribution in [0.5, 0.6) is 11.5 Å². The molecule has 0 saturated carbocycles. The number of carbonyl (C=O) groups is 3. The molecule has 1 aromatic rings. The molecule has 25 heavy (non-hydrogen) atoms. The van der Waals surface area contributed by atoms with Crippen molar-refractivity contribution in [3.8, 4) is 11.5 Å². The summed E-state index contributed by atoms with van der Waals surface area (Å²) in [6, 6.07) is 4.51. The molecule has 0 unspecified atom stereocenters. The van der Waals surface area contributed by atoms with Gasteiger partial charge >= 0.3 is 5.97 Å². The Labute approximate surface area is 146 Å². The summed E-state index contributed by atoms with van der Waals surface area (Å²) in [6.07, 6.45) is 0.183. The molecule has 0 radical (unpaired) electrons. The average molecular weight is 352 g/mol. The molecule has 0 aromatic heterocycles. The monoisotopic (exact) mass is 352 g/mol. The quantitative estimate of drug-likeness (QED) is 0.583. The number of amides is 2. The third kappa shape index (κ3) is 7.56. The first-order valence-corrected chi connectivity index (χ1v) is 8.02. The van der Waals surface area contributed by atoms with E-state index < -0.39 is 12.6 Å². The molecule has 8 heteroatoms. The van der Waals surface area contributed by atoms with Crippen LogP contribution in [0.2, 0.25) is 0 Å². The number of carboxylic acid groups (broad SMARTS) is 1. The van der Waals surface area contributed by atoms with Crippen molar-refractivity contribution in [2.24, 2.45) is 0 Å². The summed E-state index contributed by atoms with van der Waals surface area (Å²) in [6.45, 7) is 5.53. The van der Waals surface area contributed by atoms with Gasteiger partial charge in [-0.05, 0) is 39.0 Å². The second-order valence-electron chi connectivity index (χ2n) is 5.51. The maximum Gasteiger partial charge on any atom is 0.341 e. The molecule has 0 aliphatic heterocycles. The third-order valence-electron chi connectivity index (χ3n) is 2.94. The first-order valence-electron chi connectivity index (χ1n) is 8.02. The number of carbonyl (C=O) groups excluding carboxylic acids is 2. The van der Waals surface area contributed by atoms with Crippen LogP contribution in [0.3, 0.4) is 0 Å². The lowest BCUT2D eigenvalue weighted by atomic mass is 10.2. The molecular formula is C17H24N2O6. The average Bonchev–Trinajstić information content (AvgIpc) is 2.52. The van der Waals surface area contributed by atoms with Gasteiger partial charge in [0.15, 0.2) is 18.1 Å². The molecule has 0 atom stereocenters. The van der Waals surface area contributed by atoms with Gasteiger partial charge in [-0.1, -0.05) is 0 Å². The maximum absolute atomic E-state index is 12.1. The normalized spacial score (nSPS) is 10.2. The van der Waals surface area contributed by atoms with Crippen LogP contribution < -0.4 is 20.1 Å². The van der Waals surface area contributed by atoms with Crippen LogP contribution in [0.15, 0.2) is 18.2 Å². The Morgan fingerprint density at radius 1 is 1.16 bits per heavy atom. The molecule has 138 valence electrons. The van der Waals surface area contributed by atoms with Crippen molar-refractivity contribution in [1.82, 2.24) is 10.6 Å². The molecule has 0 aliphatic carbocycles. The highest BCUT2D eigenvalue weighted by Crippen LogP contribution is 2.28. The lowest BCUT2D eigenvalue weighted by Gasteiger charge is -2.13. The number of rotatable bonds is 10. The highest BCUT2D eigenvalue weighted by molar-refractivity contribution is 5.95. The zero-order valence-electron chi connectivity index (χ0n) is 14.6. The Morgan fingerprint density at radius 3 is 2.48 bits per heavy atom. The van der Waals surface area contributed by atoms with E-state index in [0.29, 0.717) is 12.2 Å². The minimum absolute atomic E-state index is 0.0512. The SMILES string of the molecule is CCOc1cc(C(=O)NCCC(=O)NC(C)C)ccc1OCC(=O)O. The predicted octanol–water partition coefficient (Wildman–Crippen LogP) is 1.19. The second-order valence-corrected chi connectivity index (χ2v) is 5.51. The van der Waals surface area contributed by atoms with E-state index in [1.165, 1.54) is 18.2 Å². The van der Waals surface area contributed by atoms with E-state index >= 15 is 0 Å². The van der Waals surface area contributed by atoms with Crippen LogP contribution >= 0.6 is 0 Å². The fourth-order valence-electron chi connectivity index (χ4n) is 1.96. The van der Waals surface area contributed by atoms with Crippen LogP contribution in [-0.2, 0) is 9.59 Å². The zero-order chi connectivity index (χ0) is 18.8. The molecule has 0 heterocycles. The molecule has 0 spiro atoms. The van der Waals surface area contributed by atoms with Gasteiger partial charge in [-0.2, -0.15) is 0 Å². The number of carboxylic acids is 1. The van der Waals surface area contributed by atoms with E-state index in [1.54, 1.807) is 6.92 Å². The zero-order valence-corrected chi connectivity index (χ0v) is 14.6. The Morgan fingerprint density at radius 2 is 1.88 bits per heavy atom. The third-order valence-corrected chi connectivity index (χ3v) is 2.94. The maximum atomic E-state index is 12.1. The predicted molar refractivity (Wildman–Crippen MR) is 91.0 cm³/mol. The molecule has 2 amide bonds. The first kappa shape index (κ1) is 20.3. The number of nitrogens with one attached hydrogen (secondary N) is 2. The molecule has 1 rings (SSSR count). The van der Waals surface area contributed by atoms with Gasteiger partial charge < -0.3 is 25.2 Å². The van der Waals surface area contributed by atoms with Gasteiger partial charge in [0.25, 0.3) is 5.91 Å². The Balaban J connectivity index is 2.67. The summed E-state index contributed by atoms with van der Waals surface area (Å²) < 4.78 is 10.5. The standard InChI is InChI=1S/C17H24N2O6/c1-4-24-14-9-12(5-6-13(14)25-10-16(21)22)17(23)18-8-7-15(20)19-11(2)3/h5-6,9,11H,4,7-8,10H2,1-3H3,(H,18,23)(H,19,20)(H,21,22). The van der Waals surface area contributed by atoms with Crippen LogP contribution in [0.4, 0.5) is 0 Å². The van der Waals surface area contributed by atoms with Crippen LogP contribution in [0, 0.1) is 0 Å². The van der Waals surface area contributed by atoms with E-state index in [2.05, 4.69) is 10.6 Å². The highest BCUT2D eigenvalue weighted by Gasteiger charge is 2.13. The Bertz CT molecular complexity index is 615. The summed E-state index contributed by atoms with van der Waals surface area (Å²) in [5, 5.41) is 14.1. The number of aliphatic carboxylic acids is 1. The van der Waals surface area contributed by atoms with E-state index in [0.717, 1.165) is 0 Å². The van der Waals surface area contributed by atoms with Crippen molar-refractivity contribution in [2.75, 3.05) is 19.8 Å². The minimum Gasteiger partial charge on any atom is -0.490 e. The lowest BCUT2D eigenvalue weighted by molar-refractivity contribution is -0.139. The molecule has 0 fully saturated rings. The van der Waals surface area contributed by atoms with E-state index in [4.69, 9.17) is 14.6 Å². The summed E-state index contributed by atoms with van der Waals surface area (Å²) >= 11 is 0. The van der Waals surface area contributed by atoms with Crippen molar-refractivity contribution in [1.29, 1.82) is 0 Å². The molecular weight excluding hydrogens is 328 g/mol. The lowest BCUT2D eigenvalue weighted by Crippen LogP contribution is -2.34. The summed E-state index contributed by atoms with van der Waals surface area (Å²) in [7, 11) is 0. The van der Waals surface area contributed by atoms with Crippen molar-refractivity contribution < 1.29 is 29.0 Å². The largest absolute Gasteiger partial charge is 0.490 e. The fraction of sp³-hybridized carbons (Fsp3) is 0.471. The van der Waals surface area contributed by atoms with E-state index in [9.17, 15) is 14.4 Å². The van der Waals surface area contributed by atoms with Gasteiger partial charge in [-0.15, -0.1) is 0 Å². The van der Waals surface area contributed by atoms with Gasteiger partial charge in [0, 0.05) is 24.6 Å². The van der Waals surface area contributed by atoms with Gasteiger partial charge in [-0.3, -0.25) is 9.59 Å². The number of hydrogen-bond donors (Lipinski definition) is 3. The first-order chi connectivity index (χ1) is 11.8. The molecule has 3 N–H and O–H groups in total. The topological polar surface area (TPSA) is 114 Å². The molecule has 8 nitrogen and oxygen atoms in total. The second kappa shape index (κ2) is 10.2. The highest BCUT2D eigenvalue weighted by atomic mass is 16.5. The van der Waals surface area contributed by atoms with Gasteiger partial charge in [-0.25, -0.2) is 4.79 Å². The van der Waals surface area contributed by atoms with E-state index in [1.807, 2.05) is 13.8 Å². The Hall–Kier alpha value is -2.77. The van der Waals surface area contributed by atoms with Crippen LogP contribution in [0.25, 0.3) is 0 Å². The fourth-order valence-corrected chi connectivity index (χ4v) is 1.96. The van der Waals surface area contributed by atoms with Crippen molar-refractivity contribution in [3.05, 3.63) is 23.8 Å². The van der Waals surface area contributed by atoms with Crippen molar-refractivity contribution in [3.63, 3.8) is 0 Å². The summed E-state index contributed by atoms with van der Waals surface area (Å²) in [5.74, 6) is -1.07. The van der Waals surface area contributed by atoms with Crippen molar-refractivity contribution >= 4 is 17.8 Å². The number of hydrogen-bond acceptors (Lipinski definition) is 5. The molecule has 0 bridgehead atoms. The molecule has 1 aromatic carbocycles. The summed E-state index contributed by atoms with van der Waals surface area (Å²) in [5.41, 5.74) is 0.329. The number of ether oxygens (including phenoxy) is 2. The van der Waals surface area contributed by atoms with Gasteiger partial charge in [0.2, 0.25) is 5.91 Å². The van der Waals surface area contributed by atoms with Crippen molar-refractivity contribution in [2.45, 2.75) is 33.2 Å².